The molecule has 22 heavy (non-hydrogen) atoms. The van der Waals surface area contributed by atoms with Gasteiger partial charge in [0.05, 0.1) is 0 Å². The Labute approximate surface area is 138 Å². The van der Waals surface area contributed by atoms with Gasteiger partial charge >= 0.3 is 5.97 Å². The zero-order valence-corrected chi connectivity index (χ0v) is 14.1. The first-order chi connectivity index (χ1) is 10.6. The third kappa shape index (κ3) is 6.19. The first-order valence-corrected chi connectivity index (χ1v) is 7.67. The Kier molecular flexibility index (Phi) is 8.08. The van der Waals surface area contributed by atoms with E-state index in [-0.39, 0.29) is 0 Å². The van der Waals surface area contributed by atoms with E-state index in [0.717, 1.165) is 11.1 Å². The first kappa shape index (κ1) is 18.1. The highest BCUT2D eigenvalue weighted by molar-refractivity contribution is 7.75. The molecule has 0 unspecified atom stereocenters. The number of hydrogen-bond donors (Lipinski definition) is 1. The lowest BCUT2D eigenvalue weighted by Crippen LogP contribution is -1.88. The summed E-state index contributed by atoms with van der Waals surface area (Å²) in [4.78, 5) is 10.9. The van der Waals surface area contributed by atoms with Gasteiger partial charge in [-0.15, -0.1) is 0 Å². The van der Waals surface area contributed by atoms with Gasteiger partial charge in [-0.25, -0.2) is 4.79 Å². The molecule has 0 spiro atoms. The molecule has 0 aliphatic rings. The van der Waals surface area contributed by atoms with Gasteiger partial charge in [0.2, 0.25) is 0 Å². The second kappa shape index (κ2) is 9.85. The maximum absolute atomic E-state index is 10.9. The van der Waals surface area contributed by atoms with Gasteiger partial charge in [0.15, 0.2) is 0 Å². The van der Waals surface area contributed by atoms with Gasteiger partial charge in [0.25, 0.3) is 0 Å². The molecule has 0 amide bonds. The number of rotatable bonds is 3. The fourth-order valence-electron chi connectivity index (χ4n) is 1.73. The smallest absolute Gasteiger partial charge is 0.342 e. The van der Waals surface area contributed by atoms with Crippen molar-refractivity contribution in [2.45, 2.75) is 27.2 Å². The summed E-state index contributed by atoms with van der Waals surface area (Å²) in [6.45, 7) is 6.32. The van der Waals surface area contributed by atoms with Crippen LogP contribution in [0.1, 0.15) is 31.4 Å². The maximum Gasteiger partial charge on any atom is 0.342 e. The summed E-state index contributed by atoms with van der Waals surface area (Å²) in [5, 5.41) is 0. The molecule has 0 atom stereocenters. The van der Waals surface area contributed by atoms with Crippen LogP contribution in [-0.4, -0.2) is 5.97 Å². The topological polar surface area (TPSA) is 26.3 Å². The molecule has 116 valence electrons. The van der Waals surface area contributed by atoms with Gasteiger partial charge in [-0.3, -0.25) is 0 Å². The third-order valence-electron chi connectivity index (χ3n) is 2.80. The lowest BCUT2D eigenvalue weighted by molar-refractivity contribution is -0.127. The second-order valence-corrected chi connectivity index (χ2v) is 5.12. The van der Waals surface area contributed by atoms with Gasteiger partial charge in [0, 0.05) is 19.0 Å². The van der Waals surface area contributed by atoms with Crippen molar-refractivity contribution in [1.82, 2.24) is 0 Å². The molecule has 0 saturated carbocycles. The van der Waals surface area contributed by atoms with Crippen molar-refractivity contribution in [3.63, 3.8) is 0 Å². The van der Waals surface area contributed by atoms with Crippen LogP contribution in [0.3, 0.4) is 0 Å². The van der Waals surface area contributed by atoms with Crippen LogP contribution in [0.5, 0.6) is 0 Å². The number of carbonyl (C=O) groups is 1. The number of benzene rings is 2. The van der Waals surface area contributed by atoms with E-state index in [2.05, 4.69) is 62.1 Å². The minimum Gasteiger partial charge on any atom is -0.391 e. The first-order valence-electron chi connectivity index (χ1n) is 7.31. The zero-order chi connectivity index (χ0) is 16.4. The Bertz CT molecular complexity index is 598. The molecule has 2 nitrogen and oxygen atoms in total. The van der Waals surface area contributed by atoms with E-state index in [1.165, 1.54) is 23.6 Å². The summed E-state index contributed by atoms with van der Waals surface area (Å²) in [5.41, 5.74) is 4.51. The molecule has 3 heteroatoms. The molecular formula is C19H22O2S. The molecule has 2 aromatic rings. The van der Waals surface area contributed by atoms with E-state index in [4.69, 9.17) is 0 Å². The molecule has 2 rings (SSSR count). The SMILES string of the molecule is CCC.Cc1ccc(-c2ccc(/C=C/C(=O)OS)cc2)cc1. The predicted octanol–water partition coefficient (Wildman–Crippen LogP) is 5.48. The average molecular weight is 314 g/mol. The van der Waals surface area contributed by atoms with Crippen molar-refractivity contribution in [2.75, 3.05) is 0 Å². The zero-order valence-electron chi connectivity index (χ0n) is 13.2. The quantitative estimate of drug-likeness (QED) is 0.461. The Morgan fingerprint density at radius 2 is 1.45 bits per heavy atom. The van der Waals surface area contributed by atoms with Crippen LogP contribution in [0.2, 0.25) is 0 Å². The van der Waals surface area contributed by atoms with Crippen LogP contribution < -0.4 is 0 Å². The van der Waals surface area contributed by atoms with Gasteiger partial charge in [-0.1, -0.05) is 74.4 Å². The second-order valence-electron chi connectivity index (χ2n) is 4.94. The van der Waals surface area contributed by atoms with E-state index in [1.807, 2.05) is 24.3 Å². The van der Waals surface area contributed by atoms with Crippen LogP contribution in [0.15, 0.2) is 54.6 Å². The highest BCUT2D eigenvalue weighted by atomic mass is 32.1. The highest BCUT2D eigenvalue weighted by Crippen LogP contribution is 2.20. The number of hydrogen-bond acceptors (Lipinski definition) is 3. The van der Waals surface area contributed by atoms with Crippen LogP contribution in [-0.2, 0) is 8.98 Å². The average Bonchev–Trinajstić information content (AvgIpc) is 2.54. The normalized spacial score (nSPS) is 10.0. The van der Waals surface area contributed by atoms with Crippen molar-refractivity contribution < 1.29 is 8.98 Å². The molecular weight excluding hydrogens is 292 g/mol. The number of thiol groups is 1. The summed E-state index contributed by atoms with van der Waals surface area (Å²) < 4.78 is 4.24. The summed E-state index contributed by atoms with van der Waals surface area (Å²) in [6.07, 6.45) is 4.28. The summed E-state index contributed by atoms with van der Waals surface area (Å²) in [5.74, 6) is -0.481. The minimum absolute atomic E-state index is 0.481. The predicted molar refractivity (Wildman–Crippen MR) is 96.7 cm³/mol. The Morgan fingerprint density at radius 3 is 1.91 bits per heavy atom. The van der Waals surface area contributed by atoms with Crippen molar-refractivity contribution >= 4 is 25.0 Å². The molecule has 0 aliphatic heterocycles. The molecule has 0 aliphatic carbocycles. The van der Waals surface area contributed by atoms with Crippen LogP contribution in [0.25, 0.3) is 17.2 Å². The van der Waals surface area contributed by atoms with Gasteiger partial charge in [-0.05, 0) is 29.7 Å². The molecule has 0 fully saturated rings. The molecule has 0 radical (unpaired) electrons. The van der Waals surface area contributed by atoms with Gasteiger partial charge in [-0.2, -0.15) is 0 Å². The van der Waals surface area contributed by atoms with Crippen LogP contribution in [0, 0.1) is 6.92 Å². The lowest BCUT2D eigenvalue weighted by atomic mass is 10.0. The van der Waals surface area contributed by atoms with E-state index >= 15 is 0 Å². The molecule has 2 aromatic carbocycles. The largest absolute Gasteiger partial charge is 0.391 e. The summed E-state index contributed by atoms with van der Waals surface area (Å²) in [6, 6.07) is 16.3. The lowest BCUT2D eigenvalue weighted by Gasteiger charge is -2.02. The van der Waals surface area contributed by atoms with E-state index < -0.39 is 5.97 Å². The maximum atomic E-state index is 10.9. The number of aryl methyl sites for hydroxylation is 1. The highest BCUT2D eigenvalue weighted by Gasteiger charge is 1.97. The summed E-state index contributed by atoms with van der Waals surface area (Å²) >= 11 is 3.43. The van der Waals surface area contributed by atoms with Crippen LogP contribution in [0.4, 0.5) is 0 Å². The van der Waals surface area contributed by atoms with Crippen molar-refractivity contribution in [3.8, 4) is 11.1 Å². The fraction of sp³-hybridized carbons (Fsp3) is 0.211. The van der Waals surface area contributed by atoms with Crippen molar-refractivity contribution in [2.24, 2.45) is 0 Å². The fourth-order valence-corrected chi connectivity index (χ4v) is 1.79. The Hall–Kier alpha value is -2.00. The monoisotopic (exact) mass is 314 g/mol. The number of carbonyl (C=O) groups excluding carboxylic acids is 1. The molecule has 0 N–H and O–H groups in total. The van der Waals surface area contributed by atoms with Gasteiger partial charge in [0.1, 0.15) is 0 Å². The van der Waals surface area contributed by atoms with E-state index in [0.29, 0.717) is 0 Å². The molecule has 0 aromatic heterocycles. The van der Waals surface area contributed by atoms with Crippen molar-refractivity contribution in [1.29, 1.82) is 0 Å². The van der Waals surface area contributed by atoms with E-state index in [9.17, 15) is 4.79 Å². The minimum atomic E-state index is -0.481. The van der Waals surface area contributed by atoms with E-state index in [1.54, 1.807) is 6.08 Å². The molecule has 0 saturated heterocycles. The Balaban J connectivity index is 0.000000745. The standard InChI is InChI=1S/C16H14O2S.C3H8/c1-12-2-7-14(8-3-12)15-9-4-13(5-10-15)6-11-16(17)18-19;1-3-2/h2-11,19H,1H3;3H2,1-2H3/b11-6+;. The molecule has 0 heterocycles. The van der Waals surface area contributed by atoms with Gasteiger partial charge < -0.3 is 4.18 Å². The van der Waals surface area contributed by atoms with Crippen molar-refractivity contribution in [3.05, 3.63) is 65.7 Å². The summed E-state index contributed by atoms with van der Waals surface area (Å²) in [7, 11) is 0. The van der Waals surface area contributed by atoms with Crippen LogP contribution >= 0.6 is 12.9 Å². The Morgan fingerprint density at radius 1 is 1.00 bits per heavy atom. The molecule has 0 bridgehead atoms. The third-order valence-corrected chi connectivity index (χ3v) is 2.98.